The number of terminal acetylenes is 1. The molecule has 0 radical (unpaired) electrons. The van der Waals surface area contributed by atoms with E-state index in [1.807, 2.05) is 30.7 Å². The quantitative estimate of drug-likeness (QED) is 0.517. The van der Waals surface area contributed by atoms with Crippen molar-refractivity contribution in [1.82, 2.24) is 19.9 Å². The molecule has 0 amide bonds. The molecule has 4 rings (SSSR count). The van der Waals surface area contributed by atoms with Crippen LogP contribution in [0.4, 0.5) is 0 Å². The standard InChI is InChI=1S/C18H19ClN4O2/c1-4-6-20-9-11-8-13(15-14(11)24-18(2,3)25-15)23-7-5-12-16(19)21-10-22-17(12)23/h1,5,7,10-11,14,20H,6,8-9H2,2-3H3/t11-,14-/m1/s1. The van der Waals surface area contributed by atoms with E-state index in [2.05, 4.69) is 21.2 Å². The maximum absolute atomic E-state index is 6.18. The molecule has 1 fully saturated rings. The third-order valence-corrected chi connectivity index (χ3v) is 4.85. The summed E-state index contributed by atoms with van der Waals surface area (Å²) in [7, 11) is 0. The van der Waals surface area contributed by atoms with Gasteiger partial charge in [0.15, 0.2) is 0 Å². The topological polar surface area (TPSA) is 61.2 Å². The smallest absolute Gasteiger partial charge is 0.205 e. The number of hydrogen-bond donors (Lipinski definition) is 1. The van der Waals surface area contributed by atoms with Crippen LogP contribution >= 0.6 is 11.6 Å². The first kappa shape index (κ1) is 16.4. The zero-order chi connectivity index (χ0) is 17.6. The molecule has 25 heavy (non-hydrogen) atoms. The molecule has 2 aliphatic rings. The fourth-order valence-corrected chi connectivity index (χ4v) is 3.75. The van der Waals surface area contributed by atoms with Crippen LogP contribution in [0, 0.1) is 18.3 Å². The van der Waals surface area contributed by atoms with Gasteiger partial charge in [-0.05, 0) is 12.5 Å². The third-order valence-electron chi connectivity index (χ3n) is 4.55. The molecule has 6 nitrogen and oxygen atoms in total. The zero-order valence-corrected chi connectivity index (χ0v) is 14.9. The van der Waals surface area contributed by atoms with E-state index in [0.29, 0.717) is 11.7 Å². The lowest BCUT2D eigenvalue weighted by Crippen LogP contribution is -2.32. The third kappa shape index (κ3) is 2.78. The highest BCUT2D eigenvalue weighted by atomic mass is 35.5. The van der Waals surface area contributed by atoms with Crippen LogP contribution in [-0.2, 0) is 9.47 Å². The number of nitrogens with zero attached hydrogens (tertiary/aromatic N) is 3. The van der Waals surface area contributed by atoms with E-state index < -0.39 is 5.79 Å². The van der Waals surface area contributed by atoms with Gasteiger partial charge in [-0.1, -0.05) is 17.5 Å². The monoisotopic (exact) mass is 358 g/mol. The lowest BCUT2D eigenvalue weighted by molar-refractivity contribution is -0.141. The van der Waals surface area contributed by atoms with E-state index in [9.17, 15) is 0 Å². The first-order chi connectivity index (χ1) is 12.0. The van der Waals surface area contributed by atoms with E-state index in [0.717, 1.165) is 35.5 Å². The normalized spacial score (nSPS) is 24.4. The molecule has 0 aromatic carbocycles. The second kappa shape index (κ2) is 6.03. The molecular weight excluding hydrogens is 340 g/mol. The fraction of sp³-hybridized carbons (Fsp3) is 0.444. The van der Waals surface area contributed by atoms with Gasteiger partial charge in [-0.15, -0.1) is 6.42 Å². The molecule has 2 aromatic rings. The van der Waals surface area contributed by atoms with Gasteiger partial charge in [0, 0.05) is 32.5 Å². The van der Waals surface area contributed by atoms with Crippen molar-refractivity contribution >= 4 is 28.3 Å². The number of rotatable bonds is 4. The van der Waals surface area contributed by atoms with E-state index >= 15 is 0 Å². The van der Waals surface area contributed by atoms with Crippen LogP contribution in [0.25, 0.3) is 16.7 Å². The van der Waals surface area contributed by atoms with Crippen molar-refractivity contribution in [2.45, 2.75) is 32.2 Å². The molecule has 0 bridgehead atoms. The predicted molar refractivity (Wildman–Crippen MR) is 95.6 cm³/mol. The lowest BCUT2D eigenvalue weighted by Gasteiger charge is -2.21. The predicted octanol–water partition coefficient (Wildman–Crippen LogP) is 2.65. The Morgan fingerprint density at radius 1 is 1.48 bits per heavy atom. The van der Waals surface area contributed by atoms with Crippen molar-refractivity contribution in [3.63, 3.8) is 0 Å². The van der Waals surface area contributed by atoms with Crippen molar-refractivity contribution in [1.29, 1.82) is 0 Å². The summed E-state index contributed by atoms with van der Waals surface area (Å²) in [6.45, 7) is 5.15. The number of aromatic nitrogens is 3. The van der Waals surface area contributed by atoms with Crippen molar-refractivity contribution in [3.8, 4) is 12.3 Å². The van der Waals surface area contributed by atoms with Gasteiger partial charge in [0.2, 0.25) is 5.79 Å². The van der Waals surface area contributed by atoms with Gasteiger partial charge in [0.1, 0.15) is 29.0 Å². The summed E-state index contributed by atoms with van der Waals surface area (Å²) in [5.74, 6) is 3.07. The first-order valence-corrected chi connectivity index (χ1v) is 8.60. The lowest BCUT2D eigenvalue weighted by atomic mass is 10.0. The Balaban J connectivity index is 1.73. The number of ether oxygens (including phenoxy) is 2. The minimum atomic E-state index is -0.647. The minimum absolute atomic E-state index is 0.0926. The molecule has 0 spiro atoms. The van der Waals surface area contributed by atoms with E-state index in [4.69, 9.17) is 27.5 Å². The van der Waals surface area contributed by atoms with Crippen molar-refractivity contribution in [2.24, 2.45) is 5.92 Å². The SMILES string of the molecule is C#CCNC[C@H]1CC(n2ccc3c(Cl)ncnc32)=C2OC(C)(C)O[C@@H]21. The highest BCUT2D eigenvalue weighted by Gasteiger charge is 2.48. The second-order valence-corrected chi connectivity index (χ2v) is 7.10. The van der Waals surface area contributed by atoms with Crippen LogP contribution in [-0.4, -0.2) is 39.5 Å². The number of fused-ring (bicyclic) bond motifs is 2. The Hall–Kier alpha value is -2.07. The van der Waals surface area contributed by atoms with Gasteiger partial charge < -0.3 is 19.4 Å². The summed E-state index contributed by atoms with van der Waals surface area (Å²) < 4.78 is 14.3. The summed E-state index contributed by atoms with van der Waals surface area (Å²) in [5.41, 5.74) is 1.82. The average molecular weight is 359 g/mol. The summed E-state index contributed by atoms with van der Waals surface area (Å²) >= 11 is 6.18. The number of halogens is 1. The van der Waals surface area contributed by atoms with E-state index in [-0.39, 0.29) is 12.0 Å². The highest BCUT2D eigenvalue weighted by Crippen LogP contribution is 2.46. The molecule has 1 aliphatic heterocycles. The van der Waals surface area contributed by atoms with Crippen LogP contribution < -0.4 is 5.32 Å². The Morgan fingerprint density at radius 2 is 2.32 bits per heavy atom. The summed E-state index contributed by atoms with van der Waals surface area (Å²) in [4.78, 5) is 8.43. The molecule has 2 atom stereocenters. The fourth-order valence-electron chi connectivity index (χ4n) is 3.56. The molecule has 0 unspecified atom stereocenters. The molecule has 1 saturated heterocycles. The highest BCUT2D eigenvalue weighted by molar-refractivity contribution is 6.33. The van der Waals surface area contributed by atoms with Crippen LogP contribution in [0.5, 0.6) is 0 Å². The number of allylic oxidation sites excluding steroid dienone is 1. The summed E-state index contributed by atoms with van der Waals surface area (Å²) in [6, 6.07) is 1.92. The Morgan fingerprint density at radius 3 is 3.12 bits per heavy atom. The van der Waals surface area contributed by atoms with E-state index in [1.54, 1.807) is 0 Å². The number of hydrogen-bond acceptors (Lipinski definition) is 5. The average Bonchev–Trinajstić information content (AvgIpc) is 3.20. The Labute approximate surface area is 151 Å². The molecule has 7 heteroatoms. The molecule has 130 valence electrons. The van der Waals surface area contributed by atoms with E-state index in [1.165, 1.54) is 6.33 Å². The number of nitrogens with one attached hydrogen (secondary N) is 1. The van der Waals surface area contributed by atoms with Crippen molar-refractivity contribution < 1.29 is 9.47 Å². The van der Waals surface area contributed by atoms with Crippen molar-refractivity contribution in [2.75, 3.05) is 13.1 Å². The maximum atomic E-state index is 6.18. The largest absolute Gasteiger partial charge is 0.463 e. The summed E-state index contributed by atoms with van der Waals surface area (Å²) in [5, 5.41) is 4.54. The molecule has 3 heterocycles. The molecule has 1 aliphatic carbocycles. The van der Waals surface area contributed by atoms with Crippen LogP contribution in [0.1, 0.15) is 20.3 Å². The maximum Gasteiger partial charge on any atom is 0.205 e. The minimum Gasteiger partial charge on any atom is -0.463 e. The summed E-state index contributed by atoms with van der Waals surface area (Å²) in [6.07, 6.45) is 9.47. The van der Waals surface area contributed by atoms with Crippen LogP contribution in [0.2, 0.25) is 5.15 Å². The van der Waals surface area contributed by atoms with Crippen molar-refractivity contribution in [3.05, 3.63) is 29.5 Å². The Bertz CT molecular complexity index is 896. The molecule has 1 N–H and O–H groups in total. The second-order valence-electron chi connectivity index (χ2n) is 6.74. The van der Waals surface area contributed by atoms with Crippen LogP contribution in [0.15, 0.2) is 24.3 Å². The zero-order valence-electron chi connectivity index (χ0n) is 14.1. The van der Waals surface area contributed by atoms with Gasteiger partial charge in [-0.25, -0.2) is 9.97 Å². The van der Waals surface area contributed by atoms with Gasteiger partial charge >= 0.3 is 0 Å². The Kier molecular flexibility index (Phi) is 3.95. The first-order valence-electron chi connectivity index (χ1n) is 8.22. The van der Waals surface area contributed by atoms with Gasteiger partial charge in [0.25, 0.3) is 0 Å². The van der Waals surface area contributed by atoms with Crippen LogP contribution in [0.3, 0.4) is 0 Å². The van der Waals surface area contributed by atoms with Gasteiger partial charge in [-0.3, -0.25) is 0 Å². The van der Waals surface area contributed by atoms with Gasteiger partial charge in [0.05, 0.1) is 17.6 Å². The molecule has 2 aromatic heterocycles. The molecule has 0 saturated carbocycles. The molecular formula is C18H19ClN4O2. The van der Waals surface area contributed by atoms with Gasteiger partial charge in [-0.2, -0.15) is 0 Å².